The van der Waals surface area contributed by atoms with Gasteiger partial charge in [0.1, 0.15) is 0 Å². The first-order valence-electron chi connectivity index (χ1n) is 2.41. The van der Waals surface area contributed by atoms with Crippen LogP contribution in [0.2, 0.25) is 0 Å². The van der Waals surface area contributed by atoms with E-state index in [-0.39, 0.29) is 36.8 Å². The average molecular weight is 205 g/mol. The third-order valence-corrected chi connectivity index (χ3v) is 2.00. The summed E-state index contributed by atoms with van der Waals surface area (Å²) in [6, 6.07) is -0.0833. The van der Waals surface area contributed by atoms with Crippen molar-refractivity contribution in [2.24, 2.45) is 5.73 Å². The predicted molar refractivity (Wildman–Crippen MR) is 47.9 cm³/mol. The molecule has 3 N–H and O–H groups in total. The Labute approximate surface area is 76.3 Å². The van der Waals surface area contributed by atoms with Crippen LogP contribution < -0.4 is 11.1 Å². The summed E-state index contributed by atoms with van der Waals surface area (Å²) in [5.41, 5.74) is 4.98. The fourth-order valence-corrected chi connectivity index (χ4v) is 1.53. The SMILES string of the molecule is Cl.Cl.NC(=O)C1CSCN1. The van der Waals surface area contributed by atoms with Crippen molar-refractivity contribution in [3.8, 4) is 0 Å². The van der Waals surface area contributed by atoms with E-state index in [4.69, 9.17) is 5.73 Å². The average Bonchev–Trinajstić information content (AvgIpc) is 2.12. The number of hydrogen-bond acceptors (Lipinski definition) is 3. The van der Waals surface area contributed by atoms with Crippen LogP contribution in [-0.4, -0.2) is 23.6 Å². The van der Waals surface area contributed by atoms with Gasteiger partial charge in [-0.1, -0.05) is 0 Å². The summed E-state index contributed by atoms with van der Waals surface area (Å²) < 4.78 is 0. The van der Waals surface area contributed by atoms with Crippen molar-refractivity contribution in [3.05, 3.63) is 0 Å². The summed E-state index contributed by atoms with van der Waals surface area (Å²) in [7, 11) is 0. The molecule has 0 aromatic carbocycles. The van der Waals surface area contributed by atoms with Crippen molar-refractivity contribution in [3.63, 3.8) is 0 Å². The van der Waals surface area contributed by atoms with Crippen LogP contribution in [0.4, 0.5) is 0 Å². The van der Waals surface area contributed by atoms with Crippen LogP contribution in [0.25, 0.3) is 0 Å². The molecule has 1 fully saturated rings. The minimum absolute atomic E-state index is 0. The first-order chi connectivity index (χ1) is 3.80. The molecular formula is C4H10Cl2N2OS. The molecule has 6 heteroatoms. The molecule has 3 nitrogen and oxygen atoms in total. The van der Waals surface area contributed by atoms with E-state index in [0.29, 0.717) is 0 Å². The van der Waals surface area contributed by atoms with Crippen molar-refractivity contribution in [2.45, 2.75) is 6.04 Å². The number of carbonyl (C=O) groups excluding carboxylic acids is 1. The molecule has 1 aliphatic heterocycles. The zero-order valence-electron chi connectivity index (χ0n) is 5.20. The summed E-state index contributed by atoms with van der Waals surface area (Å²) in [6.07, 6.45) is 0. The lowest BCUT2D eigenvalue weighted by Gasteiger charge is -1.99. The second kappa shape index (κ2) is 6.09. The molecule has 0 radical (unpaired) electrons. The van der Waals surface area contributed by atoms with Crippen molar-refractivity contribution in [2.75, 3.05) is 11.6 Å². The predicted octanol–water partition coefficient (Wildman–Crippen LogP) is -0.0222. The van der Waals surface area contributed by atoms with Gasteiger partial charge in [0.15, 0.2) is 0 Å². The van der Waals surface area contributed by atoms with Gasteiger partial charge in [0, 0.05) is 11.6 Å². The van der Waals surface area contributed by atoms with E-state index in [0.717, 1.165) is 11.6 Å². The summed E-state index contributed by atoms with van der Waals surface area (Å²) in [5, 5.41) is 2.94. The largest absolute Gasteiger partial charge is 0.368 e. The van der Waals surface area contributed by atoms with Gasteiger partial charge >= 0.3 is 0 Å². The van der Waals surface area contributed by atoms with Gasteiger partial charge in [-0.3, -0.25) is 10.1 Å². The minimum atomic E-state index is -0.241. The van der Waals surface area contributed by atoms with E-state index in [9.17, 15) is 4.79 Å². The van der Waals surface area contributed by atoms with Gasteiger partial charge in [0.05, 0.1) is 6.04 Å². The molecule has 1 rings (SSSR count). The third-order valence-electron chi connectivity index (χ3n) is 1.06. The van der Waals surface area contributed by atoms with Crippen LogP contribution in [0.5, 0.6) is 0 Å². The topological polar surface area (TPSA) is 55.1 Å². The van der Waals surface area contributed by atoms with Gasteiger partial charge < -0.3 is 5.73 Å². The number of amides is 1. The van der Waals surface area contributed by atoms with Gasteiger partial charge in [-0.25, -0.2) is 0 Å². The maximum Gasteiger partial charge on any atom is 0.235 e. The summed E-state index contributed by atoms with van der Waals surface area (Å²) >= 11 is 1.70. The Morgan fingerprint density at radius 1 is 1.60 bits per heavy atom. The van der Waals surface area contributed by atoms with E-state index < -0.39 is 0 Å². The molecule has 0 bridgehead atoms. The smallest absolute Gasteiger partial charge is 0.235 e. The van der Waals surface area contributed by atoms with E-state index in [1.165, 1.54) is 0 Å². The fraction of sp³-hybridized carbons (Fsp3) is 0.750. The molecule has 0 spiro atoms. The highest BCUT2D eigenvalue weighted by molar-refractivity contribution is 7.99. The molecule has 0 aromatic rings. The molecule has 1 saturated heterocycles. The summed E-state index contributed by atoms with van der Waals surface area (Å²) in [6.45, 7) is 0. The van der Waals surface area contributed by atoms with Crippen LogP contribution >= 0.6 is 36.6 Å². The second-order valence-electron chi connectivity index (χ2n) is 1.67. The number of carbonyl (C=O) groups is 1. The van der Waals surface area contributed by atoms with E-state index in [1.54, 1.807) is 11.8 Å². The quantitative estimate of drug-likeness (QED) is 0.632. The fourth-order valence-electron chi connectivity index (χ4n) is 0.578. The van der Waals surface area contributed by atoms with Gasteiger partial charge in [-0.2, -0.15) is 0 Å². The Kier molecular flexibility index (Phi) is 7.92. The van der Waals surface area contributed by atoms with Crippen molar-refractivity contribution < 1.29 is 4.79 Å². The highest BCUT2D eigenvalue weighted by atomic mass is 35.5. The number of nitrogens with one attached hydrogen (secondary N) is 1. The van der Waals surface area contributed by atoms with Crippen LogP contribution in [0.3, 0.4) is 0 Å². The maximum absolute atomic E-state index is 10.3. The first-order valence-corrected chi connectivity index (χ1v) is 3.56. The molecule has 0 saturated carbocycles. The Bertz CT molecular complexity index is 107. The van der Waals surface area contributed by atoms with E-state index >= 15 is 0 Å². The zero-order chi connectivity index (χ0) is 5.98. The lowest BCUT2D eigenvalue weighted by atomic mass is 10.3. The number of rotatable bonds is 1. The van der Waals surface area contributed by atoms with E-state index in [2.05, 4.69) is 5.32 Å². The lowest BCUT2D eigenvalue weighted by Crippen LogP contribution is -2.38. The molecular weight excluding hydrogens is 195 g/mol. The number of primary amides is 1. The molecule has 1 amide bonds. The third kappa shape index (κ3) is 3.51. The van der Waals surface area contributed by atoms with Crippen LogP contribution in [0.1, 0.15) is 0 Å². The highest BCUT2D eigenvalue weighted by Gasteiger charge is 2.18. The molecule has 62 valence electrons. The number of halogens is 2. The number of thioether (sulfide) groups is 1. The molecule has 0 aromatic heterocycles. The summed E-state index contributed by atoms with van der Waals surface area (Å²) in [5.74, 6) is 1.44. The van der Waals surface area contributed by atoms with Gasteiger partial charge in [-0.05, 0) is 0 Å². The van der Waals surface area contributed by atoms with Gasteiger partial charge in [0.25, 0.3) is 0 Å². The normalized spacial score (nSPS) is 22.6. The number of nitrogens with two attached hydrogens (primary N) is 1. The second-order valence-corrected chi connectivity index (χ2v) is 2.70. The first kappa shape index (κ1) is 13.0. The zero-order valence-corrected chi connectivity index (χ0v) is 7.65. The summed E-state index contributed by atoms with van der Waals surface area (Å²) in [4.78, 5) is 10.3. The van der Waals surface area contributed by atoms with Crippen molar-refractivity contribution in [1.29, 1.82) is 0 Å². The number of hydrogen-bond donors (Lipinski definition) is 2. The molecule has 10 heavy (non-hydrogen) atoms. The van der Waals surface area contributed by atoms with E-state index in [1.807, 2.05) is 0 Å². The highest BCUT2D eigenvalue weighted by Crippen LogP contribution is 2.07. The monoisotopic (exact) mass is 204 g/mol. The molecule has 1 unspecified atom stereocenters. The molecule has 1 atom stereocenters. The van der Waals surface area contributed by atoms with Crippen molar-refractivity contribution in [1.82, 2.24) is 5.32 Å². The molecule has 1 heterocycles. The van der Waals surface area contributed by atoms with Crippen molar-refractivity contribution >= 4 is 42.5 Å². The van der Waals surface area contributed by atoms with Crippen LogP contribution in [0.15, 0.2) is 0 Å². The van der Waals surface area contributed by atoms with Crippen LogP contribution in [0, 0.1) is 0 Å². The van der Waals surface area contributed by atoms with Gasteiger partial charge in [-0.15, -0.1) is 36.6 Å². The molecule has 0 aliphatic carbocycles. The Balaban J connectivity index is 0. The Morgan fingerprint density at radius 3 is 2.40 bits per heavy atom. The minimum Gasteiger partial charge on any atom is -0.368 e. The molecule has 1 aliphatic rings. The standard InChI is InChI=1S/C4H8N2OS.2ClH/c5-4(7)3-1-8-2-6-3;;/h3,6H,1-2H2,(H2,5,7);2*1H. The Morgan fingerprint density at radius 2 is 2.20 bits per heavy atom. The van der Waals surface area contributed by atoms with Crippen LogP contribution in [-0.2, 0) is 4.79 Å². The van der Waals surface area contributed by atoms with Gasteiger partial charge in [0.2, 0.25) is 5.91 Å². The Hall–Kier alpha value is 0.360. The lowest BCUT2D eigenvalue weighted by molar-refractivity contribution is -0.119. The maximum atomic E-state index is 10.3.